The Morgan fingerprint density at radius 2 is 1.85 bits per heavy atom. The summed E-state index contributed by atoms with van der Waals surface area (Å²) >= 11 is 1.22. The van der Waals surface area contributed by atoms with Crippen molar-refractivity contribution in [2.45, 2.75) is 70.9 Å². The van der Waals surface area contributed by atoms with E-state index in [2.05, 4.69) is 25.4 Å². The normalized spacial score (nSPS) is 26.0. The van der Waals surface area contributed by atoms with Crippen LogP contribution in [-0.2, 0) is 11.2 Å². The van der Waals surface area contributed by atoms with Crippen molar-refractivity contribution in [3.8, 4) is 0 Å². The number of ketones is 1. The summed E-state index contributed by atoms with van der Waals surface area (Å²) in [5, 5.41) is 6.61. The Bertz CT molecular complexity index is 1170. The first-order valence-electron chi connectivity index (χ1n) is 15.2. The number of aryl methyl sites for hydroxylation is 1. The second-order valence-electron chi connectivity index (χ2n) is 12.1. The third kappa shape index (κ3) is 8.56. The monoisotopic (exact) mass is 585 g/mol. The van der Waals surface area contributed by atoms with Gasteiger partial charge >= 0.3 is 6.03 Å². The topological polar surface area (TPSA) is 86.8 Å². The first-order valence-corrected chi connectivity index (χ1v) is 16.0. The van der Waals surface area contributed by atoms with E-state index in [9.17, 15) is 14.0 Å². The van der Waals surface area contributed by atoms with Crippen LogP contribution in [-0.4, -0.2) is 84.6 Å². The Balaban J connectivity index is 1.21. The summed E-state index contributed by atoms with van der Waals surface area (Å²) in [4.78, 5) is 35.0. The fourth-order valence-electron chi connectivity index (χ4n) is 6.70. The zero-order valence-corrected chi connectivity index (χ0v) is 25.2. The van der Waals surface area contributed by atoms with E-state index < -0.39 is 0 Å². The molecule has 8 nitrogen and oxygen atoms in total. The molecule has 41 heavy (non-hydrogen) atoms. The lowest BCUT2D eigenvalue weighted by molar-refractivity contribution is -0.0161. The van der Waals surface area contributed by atoms with Crippen LogP contribution in [0.5, 0.6) is 0 Å². The molecule has 0 radical (unpaired) electrons. The number of Topliss-reactive ketones (excluding diaryl/α,β-unsaturated/α-hetero) is 1. The number of aromatic nitrogens is 1. The van der Waals surface area contributed by atoms with Gasteiger partial charge in [0.1, 0.15) is 5.82 Å². The summed E-state index contributed by atoms with van der Waals surface area (Å²) in [5.41, 5.74) is 1.84. The SMILES string of the molecule is CC(=O)c1sc(NC(=O)N[C@H]2CN(CC3CCCCO3)CC[C@H]2CN2CCC[C@@H](Cc3ccc(F)cc3)C2)nc1C. The van der Waals surface area contributed by atoms with Gasteiger partial charge in [0, 0.05) is 45.8 Å². The van der Waals surface area contributed by atoms with Crippen molar-refractivity contribution >= 4 is 28.3 Å². The lowest BCUT2D eigenvalue weighted by Crippen LogP contribution is -2.57. The van der Waals surface area contributed by atoms with Crippen molar-refractivity contribution in [1.29, 1.82) is 0 Å². The lowest BCUT2D eigenvalue weighted by Gasteiger charge is -2.43. The molecule has 2 N–H and O–H groups in total. The van der Waals surface area contributed by atoms with E-state index in [1.165, 1.54) is 36.7 Å². The number of anilines is 1. The van der Waals surface area contributed by atoms with Crippen LogP contribution in [0.4, 0.5) is 14.3 Å². The van der Waals surface area contributed by atoms with Crippen LogP contribution < -0.4 is 10.6 Å². The van der Waals surface area contributed by atoms with Gasteiger partial charge in [0.25, 0.3) is 0 Å². The maximum absolute atomic E-state index is 13.4. The molecule has 2 amide bonds. The number of carbonyl (C=O) groups is 2. The number of carbonyl (C=O) groups excluding carboxylic acids is 2. The third-order valence-corrected chi connectivity index (χ3v) is 9.94. The van der Waals surface area contributed by atoms with Crippen molar-refractivity contribution in [3.05, 3.63) is 46.2 Å². The molecule has 4 atom stereocenters. The van der Waals surface area contributed by atoms with Crippen molar-refractivity contribution in [1.82, 2.24) is 20.1 Å². The molecular formula is C31H44FN5O3S. The largest absolute Gasteiger partial charge is 0.377 e. The molecule has 1 unspecified atom stereocenters. The van der Waals surface area contributed by atoms with Crippen LogP contribution >= 0.6 is 11.3 Å². The Morgan fingerprint density at radius 3 is 2.59 bits per heavy atom. The molecular weight excluding hydrogens is 541 g/mol. The Kier molecular flexibility index (Phi) is 10.4. The number of amides is 2. The van der Waals surface area contributed by atoms with Crippen molar-refractivity contribution in [3.63, 3.8) is 0 Å². The second-order valence-corrected chi connectivity index (χ2v) is 13.1. The van der Waals surface area contributed by atoms with E-state index in [0.717, 1.165) is 78.0 Å². The molecule has 0 bridgehead atoms. The number of urea groups is 1. The zero-order chi connectivity index (χ0) is 28.8. The minimum absolute atomic E-state index is 0.00171. The number of nitrogens with one attached hydrogen (secondary N) is 2. The molecule has 3 aliphatic rings. The molecule has 224 valence electrons. The average molecular weight is 586 g/mol. The fraction of sp³-hybridized carbons (Fsp3) is 0.645. The number of benzene rings is 1. The lowest BCUT2D eigenvalue weighted by atomic mass is 9.87. The Labute approximate surface area is 247 Å². The summed E-state index contributed by atoms with van der Waals surface area (Å²) in [6.07, 6.45) is 8.06. The maximum atomic E-state index is 13.4. The summed E-state index contributed by atoms with van der Waals surface area (Å²) in [6, 6.07) is 6.64. The summed E-state index contributed by atoms with van der Waals surface area (Å²) < 4.78 is 19.4. The summed E-state index contributed by atoms with van der Waals surface area (Å²) in [5.74, 6) is 0.656. The van der Waals surface area contributed by atoms with Gasteiger partial charge in [0.15, 0.2) is 10.9 Å². The molecule has 0 aliphatic carbocycles. The molecule has 0 spiro atoms. The van der Waals surface area contributed by atoms with Crippen LogP contribution in [0.25, 0.3) is 0 Å². The van der Waals surface area contributed by atoms with E-state index in [0.29, 0.717) is 27.5 Å². The number of hydrogen-bond acceptors (Lipinski definition) is 7. The summed E-state index contributed by atoms with van der Waals surface area (Å²) in [6.45, 7) is 9.90. The van der Waals surface area contributed by atoms with Gasteiger partial charge in [0.05, 0.1) is 16.7 Å². The molecule has 3 aliphatic heterocycles. The van der Waals surface area contributed by atoms with Gasteiger partial charge in [-0.1, -0.05) is 23.5 Å². The van der Waals surface area contributed by atoms with Crippen LogP contribution in [0.15, 0.2) is 24.3 Å². The minimum Gasteiger partial charge on any atom is -0.377 e. The quantitative estimate of drug-likeness (QED) is 0.397. The number of piperidine rings is 2. The van der Waals surface area contributed by atoms with Crippen molar-refractivity contribution < 1.29 is 18.7 Å². The molecule has 4 heterocycles. The fourth-order valence-corrected chi connectivity index (χ4v) is 7.56. The molecule has 3 saturated heterocycles. The minimum atomic E-state index is -0.271. The molecule has 1 aromatic heterocycles. The maximum Gasteiger partial charge on any atom is 0.321 e. The van der Waals surface area contributed by atoms with Gasteiger partial charge in [-0.05, 0) is 94.5 Å². The van der Waals surface area contributed by atoms with E-state index in [4.69, 9.17) is 4.74 Å². The number of ether oxygens (including phenoxy) is 1. The molecule has 0 saturated carbocycles. The predicted molar refractivity (Wildman–Crippen MR) is 160 cm³/mol. The third-order valence-electron chi connectivity index (χ3n) is 8.76. The Morgan fingerprint density at radius 1 is 1.05 bits per heavy atom. The molecule has 1 aromatic carbocycles. The number of hydrogen-bond donors (Lipinski definition) is 2. The van der Waals surface area contributed by atoms with E-state index >= 15 is 0 Å². The number of rotatable bonds is 9. The van der Waals surface area contributed by atoms with Crippen LogP contribution in [0.2, 0.25) is 0 Å². The first-order chi connectivity index (χ1) is 19.8. The highest BCUT2D eigenvalue weighted by molar-refractivity contribution is 7.17. The smallest absolute Gasteiger partial charge is 0.321 e. The molecule has 2 aromatic rings. The number of likely N-dealkylation sites (tertiary alicyclic amines) is 2. The van der Waals surface area contributed by atoms with Crippen LogP contribution in [0, 0.1) is 24.6 Å². The van der Waals surface area contributed by atoms with Crippen molar-refractivity contribution in [2.75, 3.05) is 51.2 Å². The average Bonchev–Trinajstić information content (AvgIpc) is 3.32. The molecule has 5 rings (SSSR count). The highest BCUT2D eigenvalue weighted by Gasteiger charge is 2.34. The van der Waals surface area contributed by atoms with Gasteiger partial charge in [-0.3, -0.25) is 15.0 Å². The van der Waals surface area contributed by atoms with E-state index in [-0.39, 0.29) is 29.8 Å². The van der Waals surface area contributed by atoms with Gasteiger partial charge in [-0.25, -0.2) is 14.2 Å². The first kappa shape index (κ1) is 30.1. The molecule has 3 fully saturated rings. The van der Waals surface area contributed by atoms with E-state index in [1.54, 1.807) is 19.1 Å². The van der Waals surface area contributed by atoms with Gasteiger partial charge < -0.3 is 15.0 Å². The number of thiazole rings is 1. The van der Waals surface area contributed by atoms with Gasteiger partial charge in [-0.2, -0.15) is 0 Å². The second kappa shape index (κ2) is 14.2. The highest BCUT2D eigenvalue weighted by Crippen LogP contribution is 2.27. The standard InChI is InChI=1S/C31H44FN5O3S/c1-21-29(22(2)38)41-31(33-21)35-30(39)34-28-20-37(19-27-7-3-4-15-40-27)14-12-25(28)18-36-13-5-6-24(17-36)16-23-8-10-26(32)11-9-23/h8-11,24-25,27-28H,3-7,12-20H2,1-2H3,(H2,33,34,35,39)/t24-,25-,27?,28-/m0/s1. The predicted octanol–water partition coefficient (Wildman–Crippen LogP) is 5.13. The molecule has 10 heteroatoms. The van der Waals surface area contributed by atoms with Crippen molar-refractivity contribution in [2.24, 2.45) is 11.8 Å². The van der Waals surface area contributed by atoms with Crippen LogP contribution in [0.3, 0.4) is 0 Å². The Hall–Kier alpha value is -2.40. The number of nitrogens with zero attached hydrogens (tertiary/aromatic N) is 3. The zero-order valence-electron chi connectivity index (χ0n) is 24.4. The van der Waals surface area contributed by atoms with Crippen LogP contribution in [0.1, 0.15) is 66.4 Å². The summed E-state index contributed by atoms with van der Waals surface area (Å²) in [7, 11) is 0. The highest BCUT2D eigenvalue weighted by atomic mass is 32.1. The van der Waals surface area contributed by atoms with Gasteiger partial charge in [0.2, 0.25) is 0 Å². The van der Waals surface area contributed by atoms with Gasteiger partial charge in [-0.15, -0.1) is 0 Å². The number of halogens is 1. The van der Waals surface area contributed by atoms with E-state index in [1.807, 2.05) is 12.1 Å².